The summed E-state index contributed by atoms with van der Waals surface area (Å²) < 4.78 is 34.0. The van der Waals surface area contributed by atoms with E-state index >= 15 is 0 Å². The van der Waals surface area contributed by atoms with Crippen molar-refractivity contribution in [2.45, 2.75) is 45.1 Å². The summed E-state index contributed by atoms with van der Waals surface area (Å²) in [5.41, 5.74) is 4.35. The van der Waals surface area contributed by atoms with Crippen LogP contribution in [0.1, 0.15) is 52.0 Å². The number of hydrogen-bond donors (Lipinski definition) is 2. The molecule has 0 aromatic heterocycles. The van der Waals surface area contributed by atoms with Gasteiger partial charge in [0.2, 0.25) is 0 Å². The van der Waals surface area contributed by atoms with Gasteiger partial charge in [0.15, 0.2) is 0 Å². The number of aryl methyl sites for hydroxylation is 3. The summed E-state index contributed by atoms with van der Waals surface area (Å²) in [7, 11) is -2.26. The second-order valence-electron chi connectivity index (χ2n) is 8.09. The van der Waals surface area contributed by atoms with Gasteiger partial charge in [-0.1, -0.05) is 31.2 Å². The zero-order chi connectivity index (χ0) is 24.2. The number of hydrogen-bond acceptors (Lipinski definition) is 4. The van der Waals surface area contributed by atoms with Crippen LogP contribution in [0, 0.1) is 20.8 Å². The molecule has 2 N–H and O–H groups in total. The second kappa shape index (κ2) is 10.1. The summed E-state index contributed by atoms with van der Waals surface area (Å²) in [6.45, 7) is 7.59. The maximum Gasteiger partial charge on any atom is 0.262 e. The zero-order valence-electron chi connectivity index (χ0n) is 19.6. The van der Waals surface area contributed by atoms with Crippen molar-refractivity contribution < 1.29 is 17.9 Å². The standard InChI is InChI=1S/C26H30N2O4S/c1-6-24(20-10-13-23(32-5)14-11-20)27-26(29)21-9-7-18(3)25(16-21)33(30,31)28-22-12-8-17(2)19(4)15-22/h7-16,24,28H,6H2,1-5H3,(H,27,29)/t24-/m0/s1. The highest BCUT2D eigenvalue weighted by Gasteiger charge is 2.21. The van der Waals surface area contributed by atoms with Crippen LogP contribution in [0.25, 0.3) is 0 Å². The van der Waals surface area contributed by atoms with Gasteiger partial charge in [-0.25, -0.2) is 8.42 Å². The van der Waals surface area contributed by atoms with Crippen molar-refractivity contribution in [3.8, 4) is 5.75 Å². The number of carbonyl (C=O) groups excluding carboxylic acids is 1. The van der Waals surface area contributed by atoms with Crippen molar-refractivity contribution in [2.24, 2.45) is 0 Å². The minimum Gasteiger partial charge on any atom is -0.497 e. The predicted molar refractivity (Wildman–Crippen MR) is 131 cm³/mol. The van der Waals surface area contributed by atoms with E-state index in [0.29, 0.717) is 17.7 Å². The monoisotopic (exact) mass is 466 g/mol. The molecule has 0 fully saturated rings. The molecule has 3 aromatic rings. The third kappa shape index (κ3) is 5.73. The zero-order valence-corrected chi connectivity index (χ0v) is 20.4. The maximum absolute atomic E-state index is 13.1. The molecule has 174 valence electrons. The van der Waals surface area contributed by atoms with Crippen LogP contribution in [0.3, 0.4) is 0 Å². The smallest absolute Gasteiger partial charge is 0.262 e. The van der Waals surface area contributed by atoms with Gasteiger partial charge in [-0.15, -0.1) is 0 Å². The van der Waals surface area contributed by atoms with E-state index in [1.807, 2.05) is 51.1 Å². The topological polar surface area (TPSA) is 84.5 Å². The molecular weight excluding hydrogens is 436 g/mol. The van der Waals surface area contributed by atoms with Crippen molar-refractivity contribution in [3.05, 3.63) is 88.5 Å². The van der Waals surface area contributed by atoms with Crippen LogP contribution in [-0.4, -0.2) is 21.4 Å². The first kappa shape index (κ1) is 24.3. The van der Waals surface area contributed by atoms with Crippen LogP contribution in [0.4, 0.5) is 5.69 Å². The number of carbonyl (C=O) groups is 1. The van der Waals surface area contributed by atoms with Gasteiger partial charge < -0.3 is 10.1 Å². The quantitative estimate of drug-likeness (QED) is 0.472. The lowest BCUT2D eigenvalue weighted by Gasteiger charge is -2.18. The summed E-state index contributed by atoms with van der Waals surface area (Å²) in [4.78, 5) is 13.1. The molecule has 0 aliphatic heterocycles. The van der Waals surface area contributed by atoms with Gasteiger partial charge in [0.05, 0.1) is 18.0 Å². The van der Waals surface area contributed by atoms with Gasteiger partial charge in [-0.05, 0) is 85.8 Å². The second-order valence-corrected chi connectivity index (χ2v) is 9.74. The highest BCUT2D eigenvalue weighted by Crippen LogP contribution is 2.24. The van der Waals surface area contributed by atoms with Gasteiger partial charge in [-0.2, -0.15) is 0 Å². The Labute approximate surface area is 196 Å². The van der Waals surface area contributed by atoms with Crippen molar-refractivity contribution in [1.29, 1.82) is 0 Å². The van der Waals surface area contributed by atoms with Crippen molar-refractivity contribution in [2.75, 3.05) is 11.8 Å². The minimum absolute atomic E-state index is 0.0749. The Kier molecular flexibility index (Phi) is 7.43. The molecule has 3 rings (SSSR count). The third-order valence-electron chi connectivity index (χ3n) is 5.73. The lowest BCUT2D eigenvalue weighted by atomic mass is 10.0. The lowest BCUT2D eigenvalue weighted by molar-refractivity contribution is 0.0935. The normalized spacial score (nSPS) is 12.2. The highest BCUT2D eigenvalue weighted by molar-refractivity contribution is 7.92. The number of benzene rings is 3. The summed E-state index contributed by atoms with van der Waals surface area (Å²) in [6.07, 6.45) is 0.684. The van der Waals surface area contributed by atoms with Crippen LogP contribution in [0.2, 0.25) is 0 Å². The molecule has 1 atom stereocenters. The molecule has 3 aromatic carbocycles. The number of anilines is 1. The predicted octanol–water partition coefficient (Wildman–Crippen LogP) is 5.30. The van der Waals surface area contributed by atoms with Gasteiger partial charge in [0.1, 0.15) is 5.75 Å². The van der Waals surface area contributed by atoms with Gasteiger partial charge >= 0.3 is 0 Å². The molecule has 0 saturated heterocycles. The average molecular weight is 467 g/mol. The van der Waals surface area contributed by atoms with Crippen LogP contribution < -0.4 is 14.8 Å². The van der Waals surface area contributed by atoms with Crippen molar-refractivity contribution in [1.82, 2.24) is 5.32 Å². The Bertz CT molecular complexity index is 1250. The first-order chi connectivity index (χ1) is 15.6. The van der Waals surface area contributed by atoms with Crippen LogP contribution in [0.15, 0.2) is 65.6 Å². The molecule has 0 saturated carbocycles. The first-order valence-corrected chi connectivity index (χ1v) is 12.3. The van der Waals surface area contributed by atoms with E-state index in [-0.39, 0.29) is 22.4 Å². The van der Waals surface area contributed by atoms with Crippen LogP contribution in [-0.2, 0) is 10.0 Å². The first-order valence-electron chi connectivity index (χ1n) is 10.8. The SMILES string of the molecule is CC[C@H](NC(=O)c1ccc(C)c(S(=O)(=O)Nc2ccc(C)c(C)c2)c1)c1ccc(OC)cc1. The molecule has 0 unspecified atom stereocenters. The lowest BCUT2D eigenvalue weighted by Crippen LogP contribution is -2.28. The Morgan fingerprint density at radius 3 is 2.18 bits per heavy atom. The van der Waals surface area contributed by atoms with E-state index < -0.39 is 10.0 Å². The highest BCUT2D eigenvalue weighted by atomic mass is 32.2. The maximum atomic E-state index is 13.1. The van der Waals surface area contributed by atoms with E-state index in [2.05, 4.69) is 10.0 Å². The van der Waals surface area contributed by atoms with Gasteiger partial charge in [-0.3, -0.25) is 9.52 Å². The number of amides is 1. The third-order valence-corrected chi connectivity index (χ3v) is 7.25. The van der Waals surface area contributed by atoms with E-state index in [9.17, 15) is 13.2 Å². The summed E-state index contributed by atoms with van der Waals surface area (Å²) in [5, 5.41) is 3.00. The van der Waals surface area contributed by atoms with E-state index in [1.165, 1.54) is 6.07 Å². The Morgan fingerprint density at radius 2 is 1.58 bits per heavy atom. The largest absolute Gasteiger partial charge is 0.497 e. The molecule has 6 nitrogen and oxygen atoms in total. The molecule has 0 radical (unpaired) electrons. The van der Waals surface area contributed by atoms with E-state index in [1.54, 1.807) is 38.3 Å². The van der Waals surface area contributed by atoms with Crippen molar-refractivity contribution >= 4 is 21.6 Å². The summed E-state index contributed by atoms with van der Waals surface area (Å²) >= 11 is 0. The number of methoxy groups -OCH3 is 1. The fourth-order valence-corrected chi connectivity index (χ4v) is 4.87. The molecular formula is C26H30N2O4S. The number of sulfonamides is 1. The summed E-state index contributed by atoms with van der Waals surface area (Å²) in [6, 6.07) is 17.4. The number of nitrogens with one attached hydrogen (secondary N) is 2. The number of rotatable bonds is 8. The molecule has 0 spiro atoms. The van der Waals surface area contributed by atoms with Gasteiger partial charge in [0.25, 0.3) is 15.9 Å². The molecule has 33 heavy (non-hydrogen) atoms. The summed E-state index contributed by atoms with van der Waals surface area (Å²) in [5.74, 6) is 0.407. The Morgan fingerprint density at radius 1 is 0.909 bits per heavy atom. The van der Waals surface area contributed by atoms with Crippen LogP contribution >= 0.6 is 0 Å². The molecule has 0 aliphatic rings. The van der Waals surface area contributed by atoms with Crippen molar-refractivity contribution in [3.63, 3.8) is 0 Å². The molecule has 7 heteroatoms. The van der Waals surface area contributed by atoms with E-state index in [0.717, 1.165) is 22.4 Å². The van der Waals surface area contributed by atoms with Crippen LogP contribution in [0.5, 0.6) is 5.75 Å². The fourth-order valence-electron chi connectivity index (χ4n) is 3.54. The Balaban J connectivity index is 1.84. The number of ether oxygens (including phenoxy) is 1. The molecule has 1 amide bonds. The molecule has 0 aliphatic carbocycles. The Hall–Kier alpha value is -3.32. The van der Waals surface area contributed by atoms with Gasteiger partial charge in [0, 0.05) is 11.3 Å². The van der Waals surface area contributed by atoms with E-state index in [4.69, 9.17) is 4.74 Å². The average Bonchev–Trinajstić information content (AvgIpc) is 2.79. The molecule has 0 heterocycles. The fraction of sp³-hybridized carbons (Fsp3) is 0.269. The minimum atomic E-state index is -3.87. The molecule has 0 bridgehead atoms.